The van der Waals surface area contributed by atoms with Crippen LogP contribution in [-0.2, 0) is 7.05 Å². The summed E-state index contributed by atoms with van der Waals surface area (Å²) in [5.74, 6) is 0.826. The van der Waals surface area contributed by atoms with Gasteiger partial charge >= 0.3 is 0 Å². The Hall–Kier alpha value is -2.33. The van der Waals surface area contributed by atoms with Crippen molar-refractivity contribution in [1.29, 1.82) is 0 Å². The molecule has 3 rings (SSSR count). The lowest BCUT2D eigenvalue weighted by Gasteiger charge is -2.19. The summed E-state index contributed by atoms with van der Waals surface area (Å²) in [5.41, 5.74) is 0.232. The molecule has 148 valence electrons. The lowest BCUT2D eigenvalue weighted by atomic mass is 9.98. The highest BCUT2D eigenvalue weighted by atomic mass is 35.5. The molecular weight excluding hydrogens is 382 g/mol. The number of alkyl halides is 2. The molecule has 2 N–H and O–H groups in total. The van der Waals surface area contributed by atoms with Gasteiger partial charge in [-0.05, 0) is 32.0 Å². The summed E-state index contributed by atoms with van der Waals surface area (Å²) < 4.78 is 30.8. The molecule has 1 saturated heterocycles. The van der Waals surface area contributed by atoms with E-state index in [9.17, 15) is 13.6 Å². The maximum Gasteiger partial charge on any atom is 0.272 e. The average molecular weight is 403 g/mol. The van der Waals surface area contributed by atoms with Crippen LogP contribution in [0.4, 0.5) is 14.7 Å². The highest BCUT2D eigenvalue weighted by Crippen LogP contribution is 2.23. The third kappa shape index (κ3) is 5.57. The van der Waals surface area contributed by atoms with Gasteiger partial charge in [0.1, 0.15) is 0 Å². The normalized spacial score (nSPS) is 14.7. The fraction of sp³-hybridized carbons (Fsp3) is 0.500. The van der Waals surface area contributed by atoms with E-state index in [0.717, 1.165) is 25.9 Å². The zero-order valence-corrected chi connectivity index (χ0v) is 15.5. The number of nitrogens with zero attached hydrogens (tertiary/aromatic N) is 4. The molecule has 2 aromatic heterocycles. The molecule has 11 heteroatoms. The van der Waals surface area contributed by atoms with Crippen LogP contribution in [0.15, 0.2) is 18.3 Å². The Labute approximate surface area is 161 Å². The summed E-state index contributed by atoms with van der Waals surface area (Å²) in [5, 5.41) is 10.4. The third-order valence-electron chi connectivity index (χ3n) is 4.06. The van der Waals surface area contributed by atoms with Gasteiger partial charge in [0.25, 0.3) is 12.3 Å². The van der Waals surface area contributed by atoms with E-state index < -0.39 is 18.9 Å². The van der Waals surface area contributed by atoms with Crippen LogP contribution < -0.4 is 15.4 Å². The Balaban J connectivity index is 0.00000261. The van der Waals surface area contributed by atoms with Gasteiger partial charge in [-0.25, -0.2) is 18.4 Å². The summed E-state index contributed by atoms with van der Waals surface area (Å²) in [6.07, 6.45) is 0.618. The fourth-order valence-electron chi connectivity index (χ4n) is 2.72. The van der Waals surface area contributed by atoms with Crippen LogP contribution in [0.3, 0.4) is 0 Å². The number of halogens is 3. The molecular formula is C16H21ClF2N6O2. The smallest absolute Gasteiger partial charge is 0.272 e. The predicted molar refractivity (Wildman–Crippen MR) is 96.8 cm³/mol. The van der Waals surface area contributed by atoms with Gasteiger partial charge in [-0.15, -0.1) is 12.4 Å². The molecule has 8 nitrogen and oxygen atoms in total. The molecule has 0 bridgehead atoms. The van der Waals surface area contributed by atoms with Gasteiger partial charge in [-0.1, -0.05) is 0 Å². The predicted octanol–water partition coefficient (Wildman–Crippen LogP) is 2.00. The molecule has 1 amide bonds. The summed E-state index contributed by atoms with van der Waals surface area (Å²) >= 11 is 0. The molecule has 0 atom stereocenters. The number of amides is 1. The second kappa shape index (κ2) is 9.56. The van der Waals surface area contributed by atoms with Gasteiger partial charge < -0.3 is 10.1 Å². The van der Waals surface area contributed by atoms with Gasteiger partial charge in [0.2, 0.25) is 11.8 Å². The van der Waals surface area contributed by atoms with E-state index in [1.165, 1.54) is 23.0 Å². The van der Waals surface area contributed by atoms with Crippen molar-refractivity contribution in [3.63, 3.8) is 0 Å². The van der Waals surface area contributed by atoms with Gasteiger partial charge in [0, 0.05) is 30.8 Å². The lowest BCUT2D eigenvalue weighted by molar-refractivity contribution is 0.0795. The molecule has 3 heterocycles. The number of nitrogens with one attached hydrogen (secondary N) is 2. The number of ether oxygens (including phenoxy) is 1. The highest BCUT2D eigenvalue weighted by molar-refractivity contribution is 6.03. The number of pyridine rings is 1. The first-order valence-corrected chi connectivity index (χ1v) is 8.33. The Morgan fingerprint density at radius 3 is 2.89 bits per heavy atom. The molecule has 0 spiro atoms. The molecule has 27 heavy (non-hydrogen) atoms. The van der Waals surface area contributed by atoms with E-state index in [0.29, 0.717) is 11.8 Å². The Morgan fingerprint density at radius 1 is 1.44 bits per heavy atom. The molecule has 1 aliphatic heterocycles. The van der Waals surface area contributed by atoms with Crippen molar-refractivity contribution in [1.82, 2.24) is 25.1 Å². The van der Waals surface area contributed by atoms with Gasteiger partial charge in [-0.2, -0.15) is 10.1 Å². The minimum atomic E-state index is -2.61. The molecule has 0 aromatic carbocycles. The quantitative estimate of drug-likeness (QED) is 0.767. The number of hydrogen-bond donors (Lipinski definition) is 2. The van der Waals surface area contributed by atoms with Crippen LogP contribution in [0, 0.1) is 0 Å². The van der Waals surface area contributed by atoms with Crippen molar-refractivity contribution in [3.8, 4) is 5.88 Å². The second-order valence-electron chi connectivity index (χ2n) is 5.98. The Bertz CT molecular complexity index is 767. The topological polar surface area (TPSA) is 94.0 Å². The first kappa shape index (κ1) is 21.0. The maximum atomic E-state index is 12.4. The Kier molecular flexibility index (Phi) is 7.43. The molecule has 2 aromatic rings. The number of aromatic nitrogens is 4. The highest BCUT2D eigenvalue weighted by Gasteiger charge is 2.21. The zero-order chi connectivity index (χ0) is 18.5. The van der Waals surface area contributed by atoms with Crippen LogP contribution in [0.1, 0.15) is 34.9 Å². The van der Waals surface area contributed by atoms with Crippen LogP contribution >= 0.6 is 12.4 Å². The van der Waals surface area contributed by atoms with E-state index in [4.69, 9.17) is 4.74 Å². The van der Waals surface area contributed by atoms with Crippen molar-refractivity contribution in [2.75, 3.05) is 25.0 Å². The number of anilines is 1. The van der Waals surface area contributed by atoms with Crippen molar-refractivity contribution in [2.24, 2.45) is 7.05 Å². The van der Waals surface area contributed by atoms with Crippen molar-refractivity contribution >= 4 is 24.3 Å². The summed E-state index contributed by atoms with van der Waals surface area (Å²) in [7, 11) is 1.71. The van der Waals surface area contributed by atoms with Crippen LogP contribution in [0.25, 0.3) is 0 Å². The zero-order valence-electron chi connectivity index (χ0n) is 14.7. The lowest BCUT2D eigenvalue weighted by Crippen LogP contribution is -2.27. The number of carbonyl (C=O) groups excluding carboxylic acids is 1. The van der Waals surface area contributed by atoms with E-state index in [2.05, 4.69) is 25.7 Å². The number of aryl methyl sites for hydroxylation is 1. The van der Waals surface area contributed by atoms with E-state index in [1.807, 2.05) is 0 Å². The monoisotopic (exact) mass is 402 g/mol. The minimum Gasteiger partial charge on any atom is -0.472 e. The molecule has 1 aliphatic rings. The SMILES string of the molecule is Cl.Cn1nc(C2CCNCC2)nc1NC(=O)c1ccnc(OCC(F)F)c1. The molecule has 1 fully saturated rings. The van der Waals surface area contributed by atoms with E-state index >= 15 is 0 Å². The molecule has 0 saturated carbocycles. The van der Waals surface area contributed by atoms with Crippen LogP contribution in [-0.4, -0.2) is 51.8 Å². The standard InChI is InChI=1S/C16H20F2N6O2.ClH/c1-24-16(21-14(23-24)10-2-5-19-6-3-10)22-15(25)11-4-7-20-13(8-11)26-9-12(17)18;/h4,7-8,10,12,19H,2-3,5-6,9H2,1H3,(H,21,22,23,25);1H. The number of rotatable bonds is 6. The average Bonchev–Trinajstić information content (AvgIpc) is 3.01. The van der Waals surface area contributed by atoms with Crippen LogP contribution in [0.2, 0.25) is 0 Å². The van der Waals surface area contributed by atoms with Crippen molar-refractivity contribution in [2.45, 2.75) is 25.2 Å². The van der Waals surface area contributed by atoms with Crippen molar-refractivity contribution < 1.29 is 18.3 Å². The molecule has 0 unspecified atom stereocenters. The first-order chi connectivity index (χ1) is 12.5. The summed E-state index contributed by atoms with van der Waals surface area (Å²) in [6, 6.07) is 2.77. The number of piperidine rings is 1. The molecule has 0 radical (unpaired) electrons. The second-order valence-corrected chi connectivity index (χ2v) is 5.98. The van der Waals surface area contributed by atoms with Crippen LogP contribution in [0.5, 0.6) is 5.88 Å². The number of carbonyl (C=O) groups is 1. The number of hydrogen-bond acceptors (Lipinski definition) is 6. The summed E-state index contributed by atoms with van der Waals surface area (Å²) in [6.45, 7) is 1.06. The van der Waals surface area contributed by atoms with Crippen molar-refractivity contribution in [3.05, 3.63) is 29.7 Å². The first-order valence-electron chi connectivity index (χ1n) is 8.33. The minimum absolute atomic E-state index is 0. The van der Waals surface area contributed by atoms with Gasteiger partial charge in [0.15, 0.2) is 12.4 Å². The summed E-state index contributed by atoms with van der Waals surface area (Å²) in [4.78, 5) is 20.6. The van der Waals surface area contributed by atoms with E-state index in [1.54, 1.807) is 7.05 Å². The third-order valence-corrected chi connectivity index (χ3v) is 4.06. The molecule has 0 aliphatic carbocycles. The fourth-order valence-corrected chi connectivity index (χ4v) is 2.72. The van der Waals surface area contributed by atoms with Gasteiger partial charge in [-0.3, -0.25) is 10.1 Å². The Morgan fingerprint density at radius 2 is 2.19 bits per heavy atom. The van der Waals surface area contributed by atoms with E-state index in [-0.39, 0.29) is 29.8 Å². The van der Waals surface area contributed by atoms with Gasteiger partial charge in [0.05, 0.1) is 0 Å². The largest absolute Gasteiger partial charge is 0.472 e. The maximum absolute atomic E-state index is 12.4.